The lowest BCUT2D eigenvalue weighted by Gasteiger charge is -2.39. The molecule has 0 unspecified atom stereocenters. The summed E-state index contributed by atoms with van der Waals surface area (Å²) >= 11 is 0. The van der Waals surface area contributed by atoms with Crippen molar-refractivity contribution in [3.05, 3.63) is 41.2 Å². The molecule has 21 heavy (non-hydrogen) atoms. The largest absolute Gasteiger partial charge is 0.338 e. The Morgan fingerprint density at radius 1 is 1.29 bits per heavy atom. The molecule has 0 atom stereocenters. The highest BCUT2D eigenvalue weighted by molar-refractivity contribution is 5.79. The normalized spacial score (nSPS) is 15.1. The van der Waals surface area contributed by atoms with E-state index in [0.29, 0.717) is 19.5 Å². The van der Waals surface area contributed by atoms with Crippen LogP contribution in [-0.2, 0) is 11.2 Å². The second-order valence-corrected chi connectivity index (χ2v) is 5.59. The fraction of sp³-hybridized carbons (Fsp3) is 0.467. The fourth-order valence-electron chi connectivity index (χ4n) is 2.58. The van der Waals surface area contributed by atoms with Crippen molar-refractivity contribution in [2.45, 2.75) is 33.2 Å². The van der Waals surface area contributed by atoms with Crippen LogP contribution in [-0.4, -0.2) is 43.6 Å². The van der Waals surface area contributed by atoms with E-state index < -0.39 is 0 Å². The molecule has 0 saturated carbocycles. The number of likely N-dealkylation sites (tertiary alicyclic amines) is 1. The molecule has 0 N–H and O–H groups in total. The Kier molecular flexibility index (Phi) is 3.45. The Morgan fingerprint density at radius 2 is 2.05 bits per heavy atom. The van der Waals surface area contributed by atoms with Crippen molar-refractivity contribution < 1.29 is 4.79 Å². The molecule has 0 aliphatic carbocycles. The summed E-state index contributed by atoms with van der Waals surface area (Å²) in [7, 11) is 0. The number of nitrogens with zero attached hydrogens (tertiary/aromatic N) is 5. The molecule has 0 spiro atoms. The van der Waals surface area contributed by atoms with E-state index in [1.165, 1.54) is 0 Å². The monoisotopic (exact) mass is 285 g/mol. The lowest BCUT2D eigenvalue weighted by atomic mass is 10.1. The Morgan fingerprint density at radius 3 is 2.62 bits per heavy atom. The highest BCUT2D eigenvalue weighted by atomic mass is 16.2. The first kappa shape index (κ1) is 13.7. The molecule has 2 aromatic rings. The van der Waals surface area contributed by atoms with Gasteiger partial charge in [0.25, 0.3) is 0 Å². The summed E-state index contributed by atoms with van der Waals surface area (Å²) < 4.78 is 1.92. The predicted octanol–water partition coefficient (Wildman–Crippen LogP) is 1.22. The minimum absolute atomic E-state index is 0.145. The molecule has 1 aliphatic heterocycles. The van der Waals surface area contributed by atoms with Gasteiger partial charge in [0, 0.05) is 25.0 Å². The first-order valence-electron chi connectivity index (χ1n) is 7.12. The lowest BCUT2D eigenvalue weighted by Crippen LogP contribution is -2.51. The molecule has 1 amide bonds. The van der Waals surface area contributed by atoms with Gasteiger partial charge in [-0.1, -0.05) is 6.07 Å². The third-order valence-electron chi connectivity index (χ3n) is 3.80. The van der Waals surface area contributed by atoms with Crippen LogP contribution in [0, 0.1) is 20.8 Å². The minimum atomic E-state index is 0.145. The van der Waals surface area contributed by atoms with Crippen LogP contribution < -0.4 is 0 Å². The summed E-state index contributed by atoms with van der Waals surface area (Å²) in [5.41, 5.74) is 1.93. The second kappa shape index (κ2) is 5.27. The zero-order valence-corrected chi connectivity index (χ0v) is 12.6. The fourth-order valence-corrected chi connectivity index (χ4v) is 2.58. The number of rotatable bonds is 3. The summed E-state index contributed by atoms with van der Waals surface area (Å²) in [6.45, 7) is 7.19. The maximum absolute atomic E-state index is 12.2. The molecule has 6 heteroatoms. The molecule has 3 rings (SSSR count). The quantitative estimate of drug-likeness (QED) is 0.850. The number of amides is 1. The Labute approximate surface area is 123 Å². The molecule has 0 bridgehead atoms. The van der Waals surface area contributed by atoms with Crippen LogP contribution in [0.5, 0.6) is 0 Å². The van der Waals surface area contributed by atoms with Crippen molar-refractivity contribution in [3.63, 3.8) is 0 Å². The van der Waals surface area contributed by atoms with Crippen molar-refractivity contribution in [2.24, 2.45) is 0 Å². The van der Waals surface area contributed by atoms with Crippen LogP contribution in [0.1, 0.15) is 28.9 Å². The Hall–Kier alpha value is -2.24. The van der Waals surface area contributed by atoms with Crippen LogP contribution in [0.15, 0.2) is 18.3 Å². The third kappa shape index (κ3) is 2.79. The van der Waals surface area contributed by atoms with E-state index >= 15 is 0 Å². The number of carbonyl (C=O) groups excluding carboxylic acids is 1. The van der Waals surface area contributed by atoms with Crippen LogP contribution in [0.3, 0.4) is 0 Å². The molecule has 1 saturated heterocycles. The molecule has 0 aromatic carbocycles. The number of aromatic nitrogens is 4. The summed E-state index contributed by atoms with van der Waals surface area (Å²) in [6, 6.07) is 4.15. The number of carbonyl (C=O) groups is 1. The van der Waals surface area contributed by atoms with Crippen LogP contribution >= 0.6 is 0 Å². The summed E-state index contributed by atoms with van der Waals surface area (Å²) in [5, 5.41) is 4.38. The van der Waals surface area contributed by atoms with Crippen molar-refractivity contribution >= 4 is 5.91 Å². The van der Waals surface area contributed by atoms with Gasteiger partial charge in [-0.25, -0.2) is 9.67 Å². The van der Waals surface area contributed by atoms with Gasteiger partial charge in [-0.05, 0) is 32.4 Å². The zero-order chi connectivity index (χ0) is 15.0. The molecule has 6 nitrogen and oxygen atoms in total. The van der Waals surface area contributed by atoms with Crippen LogP contribution in [0.4, 0.5) is 0 Å². The predicted molar refractivity (Wildman–Crippen MR) is 77.8 cm³/mol. The lowest BCUT2D eigenvalue weighted by molar-refractivity contribution is -0.136. The molecule has 3 heterocycles. The van der Waals surface area contributed by atoms with E-state index in [0.717, 1.165) is 22.9 Å². The van der Waals surface area contributed by atoms with Gasteiger partial charge in [-0.3, -0.25) is 9.78 Å². The minimum Gasteiger partial charge on any atom is -0.338 e. The van der Waals surface area contributed by atoms with E-state index in [2.05, 4.69) is 15.1 Å². The Balaban J connectivity index is 1.57. The van der Waals surface area contributed by atoms with Gasteiger partial charge in [0.05, 0.1) is 12.5 Å². The first-order valence-corrected chi connectivity index (χ1v) is 7.12. The van der Waals surface area contributed by atoms with Gasteiger partial charge in [0.2, 0.25) is 5.91 Å². The van der Waals surface area contributed by atoms with E-state index in [9.17, 15) is 4.79 Å². The van der Waals surface area contributed by atoms with Crippen molar-refractivity contribution in [2.75, 3.05) is 13.1 Å². The zero-order valence-electron chi connectivity index (χ0n) is 12.6. The van der Waals surface area contributed by atoms with E-state index in [-0.39, 0.29) is 11.9 Å². The SMILES string of the molecule is Cc1ccc(CC(=O)N2CC(n3nc(C)nc3C)C2)cn1. The number of hydrogen-bond donors (Lipinski definition) is 0. The molecule has 1 fully saturated rings. The van der Waals surface area contributed by atoms with Crippen LogP contribution in [0.25, 0.3) is 0 Å². The highest BCUT2D eigenvalue weighted by Crippen LogP contribution is 2.22. The van der Waals surface area contributed by atoms with Crippen molar-refractivity contribution in [1.29, 1.82) is 0 Å². The van der Waals surface area contributed by atoms with Crippen molar-refractivity contribution in [3.8, 4) is 0 Å². The maximum Gasteiger partial charge on any atom is 0.227 e. The number of aryl methyl sites for hydroxylation is 3. The maximum atomic E-state index is 12.2. The molecular formula is C15H19N5O. The topological polar surface area (TPSA) is 63.9 Å². The van der Waals surface area contributed by atoms with Crippen molar-refractivity contribution in [1.82, 2.24) is 24.6 Å². The summed E-state index contributed by atoms with van der Waals surface area (Å²) in [5.74, 6) is 1.83. The van der Waals surface area contributed by atoms with Gasteiger partial charge in [0.1, 0.15) is 11.6 Å². The third-order valence-corrected chi connectivity index (χ3v) is 3.80. The standard InChI is InChI=1S/C15H19N5O/c1-10-4-5-13(7-16-10)6-15(21)19-8-14(9-19)20-12(3)17-11(2)18-20/h4-5,7,14H,6,8-9H2,1-3H3. The van der Waals surface area contributed by atoms with Gasteiger partial charge in [0.15, 0.2) is 0 Å². The smallest absolute Gasteiger partial charge is 0.227 e. The number of hydrogen-bond acceptors (Lipinski definition) is 4. The molecule has 0 radical (unpaired) electrons. The van der Waals surface area contributed by atoms with Gasteiger partial charge >= 0.3 is 0 Å². The molecule has 1 aliphatic rings. The van der Waals surface area contributed by atoms with Gasteiger partial charge in [-0.15, -0.1) is 0 Å². The second-order valence-electron chi connectivity index (χ2n) is 5.59. The molecule has 2 aromatic heterocycles. The summed E-state index contributed by atoms with van der Waals surface area (Å²) in [4.78, 5) is 22.6. The molecule has 110 valence electrons. The average Bonchev–Trinajstić information content (AvgIpc) is 2.70. The van der Waals surface area contributed by atoms with Crippen LogP contribution in [0.2, 0.25) is 0 Å². The Bertz CT molecular complexity index is 655. The average molecular weight is 285 g/mol. The summed E-state index contributed by atoms with van der Waals surface area (Å²) in [6.07, 6.45) is 2.19. The molecular weight excluding hydrogens is 266 g/mol. The van der Waals surface area contributed by atoms with Gasteiger partial charge < -0.3 is 4.90 Å². The van der Waals surface area contributed by atoms with E-state index in [4.69, 9.17) is 0 Å². The first-order chi connectivity index (χ1) is 10.0. The number of pyridine rings is 1. The van der Waals surface area contributed by atoms with E-state index in [1.54, 1.807) is 6.20 Å². The highest BCUT2D eigenvalue weighted by Gasteiger charge is 2.33. The van der Waals surface area contributed by atoms with Gasteiger partial charge in [-0.2, -0.15) is 5.10 Å². The van der Waals surface area contributed by atoms with E-state index in [1.807, 2.05) is 42.5 Å².